The zero-order chi connectivity index (χ0) is 20.1. The molecule has 1 aliphatic heterocycles. The zero-order valence-electron chi connectivity index (χ0n) is 15.7. The van der Waals surface area contributed by atoms with Crippen molar-refractivity contribution in [2.75, 3.05) is 26.2 Å². The fraction of sp³-hybridized carbons (Fsp3) is 0.688. The molecule has 12 heteroatoms. The largest absolute Gasteiger partial charge is 0.511 e. The Bertz CT molecular complexity index is 719. The molecule has 0 amide bonds. The highest BCUT2D eigenvalue weighted by molar-refractivity contribution is 14.0. The number of rotatable bonds is 6. The summed E-state index contributed by atoms with van der Waals surface area (Å²) < 4.78 is 61.4. The summed E-state index contributed by atoms with van der Waals surface area (Å²) in [6, 6.07) is 1.93. The van der Waals surface area contributed by atoms with Crippen LogP contribution in [0, 0.1) is 0 Å². The maximum Gasteiger partial charge on any atom is 0.511 e. The highest BCUT2D eigenvalue weighted by atomic mass is 127. The molecule has 0 spiro atoms. The van der Waals surface area contributed by atoms with E-state index < -0.39 is 15.5 Å². The number of hydrogen-bond donors (Lipinski definition) is 2. The number of halogens is 4. The zero-order valence-corrected chi connectivity index (χ0v) is 19.7. The fourth-order valence-electron chi connectivity index (χ4n) is 2.79. The van der Waals surface area contributed by atoms with Gasteiger partial charge in [0.15, 0.2) is 5.96 Å². The average molecular weight is 554 g/mol. The number of nitrogens with one attached hydrogen (secondary N) is 2. The summed E-state index contributed by atoms with van der Waals surface area (Å²) in [5.74, 6) is 0.849. The van der Waals surface area contributed by atoms with Gasteiger partial charge >= 0.3 is 15.5 Å². The number of nitrogens with zero attached hydrogens (tertiary/aromatic N) is 2. The van der Waals surface area contributed by atoms with E-state index in [-0.39, 0.29) is 49.0 Å². The van der Waals surface area contributed by atoms with Crippen LogP contribution in [0.3, 0.4) is 0 Å². The summed E-state index contributed by atoms with van der Waals surface area (Å²) in [5.41, 5.74) is -4.04. The van der Waals surface area contributed by atoms with Crippen molar-refractivity contribution in [2.45, 2.75) is 44.2 Å². The monoisotopic (exact) mass is 554 g/mol. The summed E-state index contributed by atoms with van der Waals surface area (Å²) in [4.78, 5) is 4.56. The number of sulfonamides is 1. The van der Waals surface area contributed by atoms with E-state index in [0.717, 1.165) is 0 Å². The quantitative estimate of drug-likeness (QED) is 0.322. The van der Waals surface area contributed by atoms with Crippen molar-refractivity contribution in [3.05, 3.63) is 22.4 Å². The number of piperidine rings is 1. The Morgan fingerprint density at radius 3 is 2.54 bits per heavy atom. The number of aliphatic imine (C=N–C) groups is 1. The molecular weight excluding hydrogens is 528 g/mol. The van der Waals surface area contributed by atoms with Gasteiger partial charge in [0, 0.05) is 38.1 Å². The molecule has 1 saturated heterocycles. The fourth-order valence-corrected chi connectivity index (χ4v) is 4.56. The van der Waals surface area contributed by atoms with Crippen molar-refractivity contribution in [3.8, 4) is 0 Å². The first kappa shape index (κ1) is 25.4. The van der Waals surface area contributed by atoms with Crippen molar-refractivity contribution in [3.63, 3.8) is 0 Å². The van der Waals surface area contributed by atoms with E-state index in [1.807, 2.05) is 12.3 Å². The third-order valence-corrected chi connectivity index (χ3v) is 6.74. The molecule has 1 aromatic rings. The second kappa shape index (κ2) is 11.0. The van der Waals surface area contributed by atoms with Crippen LogP contribution >= 0.6 is 35.3 Å². The molecule has 1 aromatic heterocycles. The number of thiophene rings is 1. The SMILES string of the molecule is CCNC(=NCC(C)c1ccsc1)NC1CCN(S(=O)(=O)C(F)(F)F)CC1.I. The Hall–Kier alpha value is -0.600. The molecule has 1 fully saturated rings. The molecule has 162 valence electrons. The number of alkyl halides is 3. The Morgan fingerprint density at radius 2 is 2.04 bits per heavy atom. The van der Waals surface area contributed by atoms with Gasteiger partial charge in [-0.05, 0) is 42.2 Å². The summed E-state index contributed by atoms with van der Waals surface area (Å²) >= 11 is 1.63. The van der Waals surface area contributed by atoms with Crippen molar-refractivity contribution < 1.29 is 21.6 Å². The smallest absolute Gasteiger partial charge is 0.357 e. The molecule has 2 rings (SSSR count). The van der Waals surface area contributed by atoms with Crippen LogP contribution in [0.15, 0.2) is 21.8 Å². The molecule has 0 radical (unpaired) electrons. The van der Waals surface area contributed by atoms with Gasteiger partial charge in [0.05, 0.1) is 0 Å². The maximum absolute atomic E-state index is 12.6. The molecule has 0 saturated carbocycles. The third kappa shape index (κ3) is 6.73. The lowest BCUT2D eigenvalue weighted by atomic mass is 10.1. The highest BCUT2D eigenvalue weighted by Gasteiger charge is 2.50. The van der Waals surface area contributed by atoms with Crippen LogP contribution in [-0.2, 0) is 10.0 Å². The van der Waals surface area contributed by atoms with Gasteiger partial charge in [0.1, 0.15) is 0 Å². The van der Waals surface area contributed by atoms with Crippen LogP contribution in [-0.4, -0.2) is 56.4 Å². The van der Waals surface area contributed by atoms with Crippen LogP contribution < -0.4 is 10.6 Å². The van der Waals surface area contributed by atoms with Gasteiger partial charge in [-0.15, -0.1) is 24.0 Å². The van der Waals surface area contributed by atoms with Crippen LogP contribution in [0.25, 0.3) is 0 Å². The minimum atomic E-state index is -5.25. The molecule has 28 heavy (non-hydrogen) atoms. The molecule has 1 aliphatic rings. The normalized spacial score (nSPS) is 18.4. The van der Waals surface area contributed by atoms with Crippen molar-refractivity contribution in [1.82, 2.24) is 14.9 Å². The van der Waals surface area contributed by atoms with Gasteiger partial charge in [-0.3, -0.25) is 4.99 Å². The lowest BCUT2D eigenvalue weighted by Crippen LogP contribution is -2.51. The van der Waals surface area contributed by atoms with Gasteiger partial charge in [0.2, 0.25) is 0 Å². The first-order valence-electron chi connectivity index (χ1n) is 8.78. The Kier molecular flexibility index (Phi) is 9.97. The second-order valence-electron chi connectivity index (χ2n) is 6.45. The van der Waals surface area contributed by atoms with E-state index >= 15 is 0 Å². The molecular formula is C16H26F3IN4O2S2. The predicted octanol–water partition coefficient (Wildman–Crippen LogP) is 3.34. The molecule has 0 aromatic carbocycles. The van der Waals surface area contributed by atoms with Crippen molar-refractivity contribution in [2.24, 2.45) is 4.99 Å². The van der Waals surface area contributed by atoms with Gasteiger partial charge in [-0.2, -0.15) is 28.8 Å². The number of hydrogen-bond acceptors (Lipinski definition) is 4. The molecule has 0 bridgehead atoms. The summed E-state index contributed by atoms with van der Waals surface area (Å²) in [7, 11) is -5.25. The summed E-state index contributed by atoms with van der Waals surface area (Å²) in [6.45, 7) is 4.91. The average Bonchev–Trinajstić information content (AvgIpc) is 3.14. The molecule has 1 atom stereocenters. The third-order valence-electron chi connectivity index (χ3n) is 4.41. The summed E-state index contributed by atoms with van der Waals surface area (Å²) in [5, 5.41) is 10.4. The van der Waals surface area contributed by atoms with E-state index in [9.17, 15) is 21.6 Å². The van der Waals surface area contributed by atoms with E-state index in [2.05, 4.69) is 34.0 Å². The molecule has 0 aliphatic carbocycles. The van der Waals surface area contributed by atoms with Crippen molar-refractivity contribution in [1.29, 1.82) is 0 Å². The maximum atomic E-state index is 12.6. The van der Waals surface area contributed by atoms with Crippen LogP contribution in [0.5, 0.6) is 0 Å². The summed E-state index contributed by atoms with van der Waals surface area (Å²) in [6.07, 6.45) is 0.583. The van der Waals surface area contributed by atoms with Gasteiger partial charge in [-0.25, -0.2) is 8.42 Å². The first-order chi connectivity index (χ1) is 12.6. The second-order valence-corrected chi connectivity index (χ2v) is 9.16. The van der Waals surface area contributed by atoms with Crippen LogP contribution in [0.4, 0.5) is 13.2 Å². The molecule has 2 N–H and O–H groups in total. The number of guanidine groups is 1. The highest BCUT2D eigenvalue weighted by Crippen LogP contribution is 2.29. The van der Waals surface area contributed by atoms with Gasteiger partial charge < -0.3 is 10.6 Å². The lowest BCUT2D eigenvalue weighted by Gasteiger charge is -2.32. The van der Waals surface area contributed by atoms with Crippen LogP contribution in [0.1, 0.15) is 38.2 Å². The van der Waals surface area contributed by atoms with E-state index in [1.165, 1.54) is 5.56 Å². The van der Waals surface area contributed by atoms with E-state index in [1.54, 1.807) is 11.3 Å². The predicted molar refractivity (Wildman–Crippen MR) is 117 cm³/mol. The van der Waals surface area contributed by atoms with E-state index in [0.29, 0.717) is 36.2 Å². The Morgan fingerprint density at radius 1 is 1.39 bits per heavy atom. The molecule has 1 unspecified atom stereocenters. The Balaban J connectivity index is 0.00000392. The first-order valence-corrected chi connectivity index (χ1v) is 11.2. The molecule has 6 nitrogen and oxygen atoms in total. The van der Waals surface area contributed by atoms with Gasteiger partial charge in [0.25, 0.3) is 0 Å². The minimum Gasteiger partial charge on any atom is -0.357 e. The van der Waals surface area contributed by atoms with E-state index in [4.69, 9.17) is 0 Å². The topological polar surface area (TPSA) is 73.8 Å². The van der Waals surface area contributed by atoms with Crippen LogP contribution in [0.2, 0.25) is 0 Å². The molecule has 2 heterocycles. The van der Waals surface area contributed by atoms with Crippen molar-refractivity contribution >= 4 is 51.3 Å². The minimum absolute atomic E-state index is 0. The lowest BCUT2D eigenvalue weighted by molar-refractivity contribution is -0.0494. The van der Waals surface area contributed by atoms with Gasteiger partial charge in [-0.1, -0.05) is 6.92 Å². The Labute approximate surface area is 185 Å². The standard InChI is InChI=1S/C16H25F3N4O2S2.HI/c1-3-20-15(21-10-12(2)13-6-9-26-11-13)22-14-4-7-23(8-5-14)27(24,25)16(17,18)19;/h6,9,11-12,14H,3-5,7-8,10H2,1-2H3,(H2,20,21,22);1H.